The molecule has 6 heteroatoms. The number of halogens is 1. The second-order valence-corrected chi connectivity index (χ2v) is 5.37. The number of nitrogens with zero attached hydrogens (tertiary/aromatic N) is 4. The molecule has 3 heterocycles. The van der Waals surface area contributed by atoms with E-state index < -0.39 is 5.95 Å². The molecule has 0 spiro atoms. The van der Waals surface area contributed by atoms with Crippen molar-refractivity contribution in [3.63, 3.8) is 0 Å². The number of aryl methyl sites for hydroxylation is 1. The van der Waals surface area contributed by atoms with Crippen molar-refractivity contribution in [3.05, 3.63) is 42.2 Å². The summed E-state index contributed by atoms with van der Waals surface area (Å²) in [4.78, 5) is 14.6. The van der Waals surface area contributed by atoms with Crippen LogP contribution in [-0.4, -0.2) is 34.1 Å². The zero-order chi connectivity index (χ0) is 15.4. The maximum atomic E-state index is 12.8. The number of hydrogen-bond donors (Lipinski definition) is 0. The summed E-state index contributed by atoms with van der Waals surface area (Å²) in [5.41, 5.74) is 1.14. The van der Waals surface area contributed by atoms with Crippen LogP contribution in [0.15, 0.2) is 30.7 Å². The number of piperidine rings is 1. The van der Waals surface area contributed by atoms with Gasteiger partial charge in [0.05, 0.1) is 6.20 Å². The number of pyridine rings is 1. The molecule has 1 aliphatic heterocycles. The van der Waals surface area contributed by atoms with Gasteiger partial charge in [0, 0.05) is 38.3 Å². The van der Waals surface area contributed by atoms with Crippen LogP contribution in [0.4, 0.5) is 10.3 Å². The van der Waals surface area contributed by atoms with Gasteiger partial charge < -0.3 is 9.64 Å². The Labute approximate surface area is 129 Å². The van der Waals surface area contributed by atoms with Gasteiger partial charge in [0.25, 0.3) is 0 Å². The van der Waals surface area contributed by atoms with E-state index in [2.05, 4.69) is 26.8 Å². The first-order valence-corrected chi connectivity index (χ1v) is 7.58. The number of anilines is 1. The summed E-state index contributed by atoms with van der Waals surface area (Å²) in [7, 11) is 0. The molecule has 116 valence electrons. The third kappa shape index (κ3) is 3.50. The average Bonchev–Trinajstić information content (AvgIpc) is 2.58. The molecule has 0 aromatic carbocycles. The average molecular weight is 302 g/mol. The molecule has 0 radical (unpaired) electrons. The Morgan fingerprint density at radius 1 is 1.14 bits per heavy atom. The highest BCUT2D eigenvalue weighted by atomic mass is 19.1. The van der Waals surface area contributed by atoms with Crippen LogP contribution < -0.4 is 9.64 Å². The highest BCUT2D eigenvalue weighted by Gasteiger charge is 2.22. The minimum absolute atomic E-state index is 0.124. The van der Waals surface area contributed by atoms with Gasteiger partial charge in [-0.25, -0.2) is 15.0 Å². The van der Waals surface area contributed by atoms with Crippen LogP contribution in [0.25, 0.3) is 0 Å². The Kier molecular flexibility index (Phi) is 4.46. The second kappa shape index (κ2) is 6.68. The van der Waals surface area contributed by atoms with Gasteiger partial charge in [-0.3, -0.25) is 0 Å². The number of hydrogen-bond acceptors (Lipinski definition) is 5. The molecule has 0 atom stereocenters. The number of rotatable bonds is 4. The molecule has 0 bridgehead atoms. The van der Waals surface area contributed by atoms with Crippen molar-refractivity contribution >= 4 is 5.95 Å². The van der Waals surface area contributed by atoms with Crippen LogP contribution in [0.2, 0.25) is 0 Å². The van der Waals surface area contributed by atoms with E-state index in [0.29, 0.717) is 5.75 Å². The fraction of sp³-hybridized carbons (Fsp3) is 0.438. The molecule has 0 aliphatic carbocycles. The highest BCUT2D eigenvalue weighted by molar-refractivity contribution is 5.30. The molecule has 2 aromatic rings. The first-order valence-electron chi connectivity index (χ1n) is 7.58. The highest BCUT2D eigenvalue weighted by Crippen LogP contribution is 2.20. The third-order valence-corrected chi connectivity index (χ3v) is 3.83. The lowest BCUT2D eigenvalue weighted by atomic mass is 10.1. The minimum Gasteiger partial charge on any atom is -0.489 e. The molecular formula is C16H19FN4O. The maximum absolute atomic E-state index is 12.8. The van der Waals surface area contributed by atoms with Crippen LogP contribution in [0.1, 0.15) is 25.3 Å². The van der Waals surface area contributed by atoms with E-state index >= 15 is 0 Å². The molecule has 3 rings (SSSR count). The van der Waals surface area contributed by atoms with Gasteiger partial charge in [-0.1, -0.05) is 6.92 Å². The maximum Gasteiger partial charge on any atom is 0.225 e. The Morgan fingerprint density at radius 3 is 2.45 bits per heavy atom. The lowest BCUT2D eigenvalue weighted by Crippen LogP contribution is -2.39. The van der Waals surface area contributed by atoms with Crippen molar-refractivity contribution in [2.45, 2.75) is 32.3 Å². The molecule has 0 unspecified atom stereocenters. The summed E-state index contributed by atoms with van der Waals surface area (Å²) in [5.74, 6) is 0.900. The fourth-order valence-corrected chi connectivity index (χ4v) is 2.49. The molecule has 5 nitrogen and oxygen atoms in total. The lowest BCUT2D eigenvalue weighted by molar-refractivity contribution is 0.169. The van der Waals surface area contributed by atoms with Crippen molar-refractivity contribution in [2.75, 3.05) is 18.0 Å². The summed E-state index contributed by atoms with van der Waals surface area (Å²) >= 11 is 0. The van der Waals surface area contributed by atoms with Crippen LogP contribution >= 0.6 is 0 Å². The zero-order valence-electron chi connectivity index (χ0n) is 12.6. The normalized spacial score (nSPS) is 15.8. The Bertz CT molecular complexity index is 595. The van der Waals surface area contributed by atoms with Gasteiger partial charge in [0.1, 0.15) is 11.9 Å². The minimum atomic E-state index is -0.491. The van der Waals surface area contributed by atoms with Crippen molar-refractivity contribution in [3.8, 4) is 5.75 Å². The first kappa shape index (κ1) is 14.7. The van der Waals surface area contributed by atoms with E-state index in [1.54, 1.807) is 6.07 Å². The fourth-order valence-electron chi connectivity index (χ4n) is 2.49. The summed E-state index contributed by atoms with van der Waals surface area (Å²) in [5, 5.41) is 0. The standard InChI is InChI=1S/C16H19FN4O/c1-2-12-9-19-16(20-10-12)21-7-5-13(6-8-21)22-14-3-4-15(17)18-11-14/h3-4,9-11,13H,2,5-8H2,1H3. The number of aromatic nitrogens is 3. The summed E-state index contributed by atoms with van der Waals surface area (Å²) in [6.45, 7) is 3.79. The summed E-state index contributed by atoms with van der Waals surface area (Å²) in [6.07, 6.45) is 8.03. The predicted molar refractivity (Wildman–Crippen MR) is 81.5 cm³/mol. The predicted octanol–water partition coefficient (Wildman–Crippen LogP) is 2.62. The molecule has 2 aromatic heterocycles. The second-order valence-electron chi connectivity index (χ2n) is 5.37. The van der Waals surface area contributed by atoms with Gasteiger partial charge in [-0.2, -0.15) is 4.39 Å². The Hall–Kier alpha value is -2.24. The molecule has 22 heavy (non-hydrogen) atoms. The van der Waals surface area contributed by atoms with Gasteiger partial charge in [-0.05, 0) is 24.1 Å². The van der Waals surface area contributed by atoms with E-state index in [9.17, 15) is 4.39 Å². The smallest absolute Gasteiger partial charge is 0.225 e. The van der Waals surface area contributed by atoms with Gasteiger partial charge >= 0.3 is 0 Å². The van der Waals surface area contributed by atoms with Crippen LogP contribution in [0, 0.1) is 5.95 Å². The van der Waals surface area contributed by atoms with Crippen LogP contribution in [-0.2, 0) is 6.42 Å². The van der Waals surface area contributed by atoms with E-state index in [1.165, 1.54) is 12.3 Å². The van der Waals surface area contributed by atoms with E-state index in [-0.39, 0.29) is 6.10 Å². The molecule has 0 N–H and O–H groups in total. The largest absolute Gasteiger partial charge is 0.489 e. The number of ether oxygens (including phenoxy) is 1. The lowest BCUT2D eigenvalue weighted by Gasteiger charge is -2.32. The van der Waals surface area contributed by atoms with Gasteiger partial charge in [0.2, 0.25) is 11.9 Å². The Balaban J connectivity index is 1.54. The van der Waals surface area contributed by atoms with E-state index in [0.717, 1.165) is 43.9 Å². The molecular weight excluding hydrogens is 283 g/mol. The van der Waals surface area contributed by atoms with E-state index in [4.69, 9.17) is 4.74 Å². The Morgan fingerprint density at radius 2 is 1.86 bits per heavy atom. The first-order chi connectivity index (χ1) is 10.7. The molecule has 0 saturated carbocycles. The zero-order valence-corrected chi connectivity index (χ0v) is 12.6. The molecule has 1 saturated heterocycles. The molecule has 1 aliphatic rings. The quantitative estimate of drug-likeness (QED) is 0.813. The molecule has 0 amide bonds. The van der Waals surface area contributed by atoms with Crippen molar-refractivity contribution in [1.82, 2.24) is 15.0 Å². The molecule has 1 fully saturated rings. The van der Waals surface area contributed by atoms with Crippen molar-refractivity contribution in [1.29, 1.82) is 0 Å². The monoisotopic (exact) mass is 302 g/mol. The van der Waals surface area contributed by atoms with Gasteiger partial charge in [0.15, 0.2) is 0 Å². The van der Waals surface area contributed by atoms with Crippen LogP contribution in [0.5, 0.6) is 5.75 Å². The summed E-state index contributed by atoms with van der Waals surface area (Å²) in [6, 6.07) is 2.93. The van der Waals surface area contributed by atoms with Crippen LogP contribution in [0.3, 0.4) is 0 Å². The SMILES string of the molecule is CCc1cnc(N2CCC(Oc3ccc(F)nc3)CC2)nc1. The van der Waals surface area contributed by atoms with Crippen molar-refractivity contribution < 1.29 is 9.13 Å². The van der Waals surface area contributed by atoms with E-state index in [1.807, 2.05) is 12.4 Å². The summed E-state index contributed by atoms with van der Waals surface area (Å²) < 4.78 is 18.6. The topological polar surface area (TPSA) is 51.1 Å². The van der Waals surface area contributed by atoms with Gasteiger partial charge in [-0.15, -0.1) is 0 Å². The van der Waals surface area contributed by atoms with Crippen molar-refractivity contribution in [2.24, 2.45) is 0 Å². The third-order valence-electron chi connectivity index (χ3n) is 3.83.